The van der Waals surface area contributed by atoms with Crippen molar-refractivity contribution in [2.75, 3.05) is 5.32 Å². The predicted octanol–water partition coefficient (Wildman–Crippen LogP) is 5.19. The first kappa shape index (κ1) is 14.6. The van der Waals surface area contributed by atoms with Crippen LogP contribution in [0.4, 0.5) is 18.9 Å². The number of benzene rings is 1. The van der Waals surface area contributed by atoms with E-state index in [1.807, 2.05) is 0 Å². The fourth-order valence-electron chi connectivity index (χ4n) is 1.38. The zero-order valence-electron chi connectivity index (χ0n) is 9.26. The van der Waals surface area contributed by atoms with Crippen molar-refractivity contribution in [2.45, 2.75) is 12.7 Å². The van der Waals surface area contributed by atoms with E-state index in [1.165, 1.54) is 17.4 Å². The lowest BCUT2D eigenvalue weighted by atomic mass is 10.2. The molecular weight excluding hydrogens is 365 g/mol. The maximum Gasteiger partial charge on any atom is 0.416 e. The Hall–Kier alpha value is -0.790. The van der Waals surface area contributed by atoms with Crippen molar-refractivity contribution in [1.82, 2.24) is 4.98 Å². The molecule has 0 fully saturated rings. The number of hydrogen-bond acceptors (Lipinski definition) is 3. The first-order valence-electron chi connectivity index (χ1n) is 5.07. The Morgan fingerprint density at radius 2 is 2.11 bits per heavy atom. The molecule has 0 radical (unpaired) electrons. The van der Waals surface area contributed by atoms with Crippen LogP contribution in [0, 0.1) is 0 Å². The quantitative estimate of drug-likeness (QED) is 0.803. The highest BCUT2D eigenvalue weighted by molar-refractivity contribution is 9.10. The standard InChI is InChI=1S/C11H7BrClF3N2S/c12-8-2-1-6(11(14,15)16)3-9(8)17-4-7-5-18-10(13)19-7/h1-3,5,17H,4H2. The van der Waals surface area contributed by atoms with E-state index in [0.29, 0.717) is 21.2 Å². The van der Waals surface area contributed by atoms with Crippen LogP contribution in [-0.2, 0) is 12.7 Å². The number of halogens is 5. The first-order valence-corrected chi connectivity index (χ1v) is 7.06. The Kier molecular flexibility index (Phi) is 4.37. The number of aromatic nitrogens is 1. The number of hydrogen-bond donors (Lipinski definition) is 1. The summed E-state index contributed by atoms with van der Waals surface area (Å²) in [6.07, 6.45) is -2.77. The van der Waals surface area contributed by atoms with Gasteiger partial charge >= 0.3 is 6.18 Å². The summed E-state index contributed by atoms with van der Waals surface area (Å²) < 4.78 is 38.8. The lowest BCUT2D eigenvalue weighted by molar-refractivity contribution is -0.137. The molecule has 19 heavy (non-hydrogen) atoms. The van der Waals surface area contributed by atoms with E-state index >= 15 is 0 Å². The molecule has 2 rings (SSSR count). The van der Waals surface area contributed by atoms with Crippen LogP contribution >= 0.6 is 38.9 Å². The molecule has 0 spiro atoms. The third-order valence-electron chi connectivity index (χ3n) is 2.27. The van der Waals surface area contributed by atoms with Crippen molar-refractivity contribution in [3.8, 4) is 0 Å². The molecule has 0 bridgehead atoms. The molecular formula is C11H7BrClF3N2S. The van der Waals surface area contributed by atoms with Crippen LogP contribution < -0.4 is 5.32 Å². The minimum absolute atomic E-state index is 0.365. The van der Waals surface area contributed by atoms with Gasteiger partial charge in [-0.25, -0.2) is 4.98 Å². The normalized spacial score (nSPS) is 11.6. The summed E-state index contributed by atoms with van der Waals surface area (Å²) in [7, 11) is 0. The topological polar surface area (TPSA) is 24.9 Å². The number of alkyl halides is 3. The van der Waals surface area contributed by atoms with Gasteiger partial charge in [-0.3, -0.25) is 0 Å². The van der Waals surface area contributed by atoms with E-state index in [4.69, 9.17) is 11.6 Å². The number of thiazole rings is 1. The summed E-state index contributed by atoms with van der Waals surface area (Å²) in [5.41, 5.74) is -0.320. The first-order chi connectivity index (χ1) is 8.86. The molecule has 0 aliphatic heterocycles. The third-order valence-corrected chi connectivity index (χ3v) is 4.08. The van der Waals surface area contributed by atoms with Crippen LogP contribution in [0.2, 0.25) is 4.47 Å². The second-order valence-corrected chi connectivity index (χ2v) is 6.18. The maximum absolute atomic E-state index is 12.6. The molecule has 0 atom stereocenters. The fraction of sp³-hybridized carbons (Fsp3) is 0.182. The van der Waals surface area contributed by atoms with E-state index in [0.717, 1.165) is 17.0 Å². The van der Waals surface area contributed by atoms with Crippen LogP contribution in [0.25, 0.3) is 0 Å². The Labute approximate surface area is 124 Å². The van der Waals surface area contributed by atoms with Gasteiger partial charge in [0, 0.05) is 21.2 Å². The Bertz CT molecular complexity index is 586. The summed E-state index contributed by atoms with van der Waals surface area (Å²) in [5.74, 6) is 0. The average Bonchev–Trinajstić information content (AvgIpc) is 2.72. The van der Waals surface area contributed by atoms with Gasteiger partial charge < -0.3 is 5.32 Å². The maximum atomic E-state index is 12.6. The van der Waals surface area contributed by atoms with Crippen LogP contribution in [-0.4, -0.2) is 4.98 Å². The van der Waals surface area contributed by atoms with E-state index in [-0.39, 0.29) is 0 Å². The van der Waals surface area contributed by atoms with Crippen molar-refractivity contribution in [1.29, 1.82) is 0 Å². The molecule has 0 aliphatic carbocycles. The van der Waals surface area contributed by atoms with Gasteiger partial charge in [-0.2, -0.15) is 13.2 Å². The third kappa shape index (κ3) is 3.84. The molecule has 1 aromatic carbocycles. The minimum atomic E-state index is -4.36. The van der Waals surface area contributed by atoms with Crippen molar-refractivity contribution >= 4 is 44.6 Å². The number of nitrogens with zero attached hydrogens (tertiary/aromatic N) is 1. The molecule has 0 saturated carbocycles. The molecule has 2 aromatic rings. The van der Waals surface area contributed by atoms with E-state index < -0.39 is 11.7 Å². The van der Waals surface area contributed by atoms with Gasteiger partial charge in [-0.15, -0.1) is 11.3 Å². The highest BCUT2D eigenvalue weighted by Crippen LogP contribution is 2.34. The monoisotopic (exact) mass is 370 g/mol. The van der Waals surface area contributed by atoms with E-state index in [1.54, 1.807) is 6.20 Å². The second-order valence-electron chi connectivity index (χ2n) is 3.63. The van der Waals surface area contributed by atoms with Gasteiger partial charge in [0.2, 0.25) is 0 Å². The molecule has 1 N–H and O–H groups in total. The summed E-state index contributed by atoms with van der Waals surface area (Å²) in [6, 6.07) is 3.45. The van der Waals surface area contributed by atoms with Crippen LogP contribution in [0.3, 0.4) is 0 Å². The van der Waals surface area contributed by atoms with Crippen molar-refractivity contribution in [2.24, 2.45) is 0 Å². The molecule has 1 heterocycles. The van der Waals surface area contributed by atoms with Gasteiger partial charge in [-0.05, 0) is 34.1 Å². The lowest BCUT2D eigenvalue weighted by Crippen LogP contribution is -2.06. The smallest absolute Gasteiger partial charge is 0.379 e. The summed E-state index contributed by atoms with van der Waals surface area (Å²) in [5, 5.41) is 2.92. The average molecular weight is 372 g/mol. The van der Waals surface area contributed by atoms with Crippen LogP contribution in [0.1, 0.15) is 10.4 Å². The zero-order chi connectivity index (χ0) is 14.0. The van der Waals surface area contributed by atoms with Crippen LogP contribution in [0.15, 0.2) is 28.9 Å². The Morgan fingerprint density at radius 3 is 2.68 bits per heavy atom. The molecule has 1 aromatic heterocycles. The molecule has 0 saturated heterocycles. The zero-order valence-corrected chi connectivity index (χ0v) is 12.4. The minimum Gasteiger partial charge on any atom is -0.379 e. The van der Waals surface area contributed by atoms with Gasteiger partial charge in [0.15, 0.2) is 4.47 Å². The Balaban J connectivity index is 2.15. The SMILES string of the molecule is FC(F)(F)c1ccc(Br)c(NCc2cnc(Cl)s2)c1. The van der Waals surface area contributed by atoms with Crippen LogP contribution in [0.5, 0.6) is 0 Å². The number of anilines is 1. The highest BCUT2D eigenvalue weighted by Gasteiger charge is 2.30. The highest BCUT2D eigenvalue weighted by atomic mass is 79.9. The van der Waals surface area contributed by atoms with Gasteiger partial charge in [0.1, 0.15) is 0 Å². The number of nitrogens with one attached hydrogen (secondary N) is 1. The molecule has 0 amide bonds. The van der Waals surface area contributed by atoms with E-state index in [9.17, 15) is 13.2 Å². The molecule has 8 heteroatoms. The largest absolute Gasteiger partial charge is 0.416 e. The summed E-state index contributed by atoms with van der Waals surface area (Å²) in [4.78, 5) is 4.70. The predicted molar refractivity (Wildman–Crippen MR) is 73.6 cm³/mol. The van der Waals surface area contributed by atoms with E-state index in [2.05, 4.69) is 26.2 Å². The summed E-state index contributed by atoms with van der Waals surface area (Å²) in [6.45, 7) is 0.365. The summed E-state index contributed by atoms with van der Waals surface area (Å²) >= 11 is 10.2. The van der Waals surface area contributed by atoms with Crippen molar-refractivity contribution in [3.05, 3.63) is 43.8 Å². The lowest BCUT2D eigenvalue weighted by Gasteiger charge is -2.11. The van der Waals surface area contributed by atoms with Gasteiger partial charge in [-0.1, -0.05) is 11.6 Å². The fourth-order valence-corrected chi connectivity index (χ4v) is 2.69. The molecule has 2 nitrogen and oxygen atoms in total. The number of rotatable bonds is 3. The molecule has 102 valence electrons. The second kappa shape index (κ2) is 5.68. The van der Waals surface area contributed by atoms with Crippen molar-refractivity contribution in [3.63, 3.8) is 0 Å². The molecule has 0 aliphatic rings. The molecule has 0 unspecified atom stereocenters. The van der Waals surface area contributed by atoms with Gasteiger partial charge in [0.25, 0.3) is 0 Å². The van der Waals surface area contributed by atoms with Gasteiger partial charge in [0.05, 0.1) is 12.1 Å². The Morgan fingerprint density at radius 1 is 1.37 bits per heavy atom. The van der Waals surface area contributed by atoms with Crippen molar-refractivity contribution < 1.29 is 13.2 Å².